The molecule has 0 unspecified atom stereocenters. The van der Waals surface area contributed by atoms with Crippen LogP contribution in [-0.2, 0) is 28.9 Å². The van der Waals surface area contributed by atoms with Crippen LogP contribution >= 0.6 is 0 Å². The Morgan fingerprint density at radius 1 is 1.17 bits per heavy atom. The van der Waals surface area contributed by atoms with Gasteiger partial charge in [-0.15, -0.1) is 0 Å². The molecule has 4 heteroatoms. The lowest BCUT2D eigenvalue weighted by molar-refractivity contribution is -0.182. The van der Waals surface area contributed by atoms with Gasteiger partial charge in [0.15, 0.2) is 6.29 Å². The third-order valence-electron chi connectivity index (χ3n) is 3.73. The molecular weight excluding hydrogens is 230 g/mol. The topological polar surface area (TPSA) is 40.5 Å². The largest absolute Gasteiger partial charge is 0.353 e. The molecule has 1 aliphatic carbocycles. The van der Waals surface area contributed by atoms with Crippen LogP contribution in [-0.4, -0.2) is 24.1 Å². The zero-order chi connectivity index (χ0) is 12.4. The molecule has 1 aliphatic heterocycles. The van der Waals surface area contributed by atoms with Crippen molar-refractivity contribution in [2.75, 3.05) is 13.2 Å². The maximum Gasteiger partial charge on any atom is 0.250 e. The first-order chi connectivity index (χ1) is 8.84. The van der Waals surface area contributed by atoms with Crippen molar-refractivity contribution in [2.45, 2.75) is 44.9 Å². The molecule has 1 fully saturated rings. The molecule has 0 radical (unpaired) electrons. The standard InChI is InChI=1S/C14H19NO3/c16-13-6-5-11-3-1-4-12(11)15(13)8-7-14-17-9-2-10-18-14/h5-6,14H,1-4,7-10H2. The minimum absolute atomic E-state index is 0.103. The predicted molar refractivity (Wildman–Crippen MR) is 67.7 cm³/mol. The van der Waals surface area contributed by atoms with E-state index in [1.807, 2.05) is 10.6 Å². The van der Waals surface area contributed by atoms with Gasteiger partial charge in [0.25, 0.3) is 5.56 Å². The number of ether oxygens (including phenoxy) is 2. The Labute approximate surface area is 107 Å². The predicted octanol–water partition coefficient (Wildman–Crippen LogP) is 1.49. The number of aromatic nitrogens is 1. The quantitative estimate of drug-likeness (QED) is 0.815. The summed E-state index contributed by atoms with van der Waals surface area (Å²) in [5.41, 5.74) is 2.66. The van der Waals surface area contributed by atoms with Crippen LogP contribution in [0.2, 0.25) is 0 Å². The Balaban J connectivity index is 1.72. The summed E-state index contributed by atoms with van der Waals surface area (Å²) >= 11 is 0. The van der Waals surface area contributed by atoms with Crippen molar-refractivity contribution in [2.24, 2.45) is 0 Å². The molecule has 1 aromatic heterocycles. The molecule has 0 amide bonds. The van der Waals surface area contributed by atoms with Gasteiger partial charge < -0.3 is 14.0 Å². The van der Waals surface area contributed by atoms with Crippen molar-refractivity contribution in [1.82, 2.24) is 4.57 Å². The molecule has 98 valence electrons. The summed E-state index contributed by atoms with van der Waals surface area (Å²) in [6.45, 7) is 2.24. The normalized spacial score (nSPS) is 20.0. The molecule has 0 bridgehead atoms. The van der Waals surface area contributed by atoms with Crippen molar-refractivity contribution >= 4 is 0 Å². The molecule has 1 aromatic rings. The van der Waals surface area contributed by atoms with Gasteiger partial charge >= 0.3 is 0 Å². The lowest BCUT2D eigenvalue weighted by Crippen LogP contribution is -2.29. The Morgan fingerprint density at radius 2 is 2.00 bits per heavy atom. The average Bonchev–Trinajstić information content (AvgIpc) is 2.87. The second-order valence-corrected chi connectivity index (χ2v) is 4.96. The van der Waals surface area contributed by atoms with Crippen LogP contribution in [0.25, 0.3) is 0 Å². The molecule has 0 saturated carbocycles. The lowest BCUT2D eigenvalue weighted by atomic mass is 10.2. The van der Waals surface area contributed by atoms with E-state index in [1.54, 1.807) is 6.07 Å². The summed E-state index contributed by atoms with van der Waals surface area (Å²) in [7, 11) is 0. The maximum absolute atomic E-state index is 11.9. The summed E-state index contributed by atoms with van der Waals surface area (Å²) in [6.07, 6.45) is 4.88. The number of nitrogens with zero attached hydrogens (tertiary/aromatic N) is 1. The summed E-state index contributed by atoms with van der Waals surface area (Å²) in [5.74, 6) is 0. The van der Waals surface area contributed by atoms with Crippen LogP contribution in [0.4, 0.5) is 0 Å². The fraction of sp³-hybridized carbons (Fsp3) is 0.643. The first-order valence-corrected chi connectivity index (χ1v) is 6.79. The molecule has 3 rings (SSSR count). The zero-order valence-electron chi connectivity index (χ0n) is 10.6. The average molecular weight is 249 g/mol. The number of hydrogen-bond donors (Lipinski definition) is 0. The lowest BCUT2D eigenvalue weighted by Gasteiger charge is -2.23. The Hall–Kier alpha value is -1.13. The molecule has 2 heterocycles. The summed E-state index contributed by atoms with van der Waals surface area (Å²) in [5, 5.41) is 0. The highest BCUT2D eigenvalue weighted by Crippen LogP contribution is 2.20. The van der Waals surface area contributed by atoms with Crippen LogP contribution in [0.1, 0.15) is 30.5 Å². The van der Waals surface area contributed by atoms with Gasteiger partial charge in [-0.3, -0.25) is 4.79 Å². The summed E-state index contributed by atoms with van der Waals surface area (Å²) < 4.78 is 12.9. The second kappa shape index (κ2) is 5.24. The molecule has 0 spiro atoms. The summed E-state index contributed by atoms with van der Waals surface area (Å²) in [6, 6.07) is 3.67. The monoisotopic (exact) mass is 249 g/mol. The highest BCUT2D eigenvalue weighted by molar-refractivity contribution is 5.25. The van der Waals surface area contributed by atoms with Crippen molar-refractivity contribution in [3.8, 4) is 0 Å². The van der Waals surface area contributed by atoms with Gasteiger partial charge in [-0.05, 0) is 31.2 Å². The van der Waals surface area contributed by atoms with Gasteiger partial charge in [0, 0.05) is 24.7 Å². The molecule has 18 heavy (non-hydrogen) atoms. The van der Waals surface area contributed by atoms with E-state index in [0.29, 0.717) is 6.54 Å². The third-order valence-corrected chi connectivity index (χ3v) is 3.73. The van der Waals surface area contributed by atoms with Gasteiger partial charge in [0.2, 0.25) is 0 Å². The molecule has 1 saturated heterocycles. The van der Waals surface area contributed by atoms with E-state index < -0.39 is 0 Å². The third kappa shape index (κ3) is 2.35. The molecule has 0 N–H and O–H groups in total. The van der Waals surface area contributed by atoms with Crippen LogP contribution in [0.3, 0.4) is 0 Å². The highest BCUT2D eigenvalue weighted by Gasteiger charge is 2.18. The van der Waals surface area contributed by atoms with E-state index in [1.165, 1.54) is 11.3 Å². The van der Waals surface area contributed by atoms with E-state index >= 15 is 0 Å². The molecule has 4 nitrogen and oxygen atoms in total. The maximum atomic E-state index is 11.9. The fourth-order valence-electron chi connectivity index (χ4n) is 2.82. The van der Waals surface area contributed by atoms with Crippen LogP contribution in [0.5, 0.6) is 0 Å². The van der Waals surface area contributed by atoms with E-state index in [2.05, 4.69) is 0 Å². The van der Waals surface area contributed by atoms with Gasteiger partial charge in [0.1, 0.15) is 0 Å². The fourth-order valence-corrected chi connectivity index (χ4v) is 2.82. The number of fused-ring (bicyclic) bond motifs is 1. The second-order valence-electron chi connectivity index (χ2n) is 4.96. The molecule has 0 aromatic carbocycles. The number of aryl methyl sites for hydroxylation is 1. The van der Waals surface area contributed by atoms with E-state index in [4.69, 9.17) is 9.47 Å². The van der Waals surface area contributed by atoms with E-state index in [-0.39, 0.29) is 11.8 Å². The van der Waals surface area contributed by atoms with Gasteiger partial charge in [0.05, 0.1) is 13.2 Å². The number of rotatable bonds is 3. The van der Waals surface area contributed by atoms with E-state index in [0.717, 1.165) is 45.3 Å². The van der Waals surface area contributed by atoms with Crippen molar-refractivity contribution in [3.05, 3.63) is 33.7 Å². The minimum atomic E-state index is -0.136. The Bertz CT molecular complexity index is 474. The SMILES string of the molecule is O=c1ccc2c(n1CCC1OCCCO1)CCC2. The molecular formula is C14H19NO3. The van der Waals surface area contributed by atoms with Gasteiger partial charge in [-0.2, -0.15) is 0 Å². The summed E-state index contributed by atoms with van der Waals surface area (Å²) in [4.78, 5) is 11.9. The van der Waals surface area contributed by atoms with Crippen molar-refractivity contribution in [3.63, 3.8) is 0 Å². The van der Waals surface area contributed by atoms with Crippen LogP contribution in [0, 0.1) is 0 Å². The first-order valence-electron chi connectivity index (χ1n) is 6.79. The number of hydrogen-bond acceptors (Lipinski definition) is 3. The van der Waals surface area contributed by atoms with E-state index in [9.17, 15) is 4.79 Å². The Kier molecular flexibility index (Phi) is 3.48. The van der Waals surface area contributed by atoms with Crippen molar-refractivity contribution < 1.29 is 9.47 Å². The molecule has 0 atom stereocenters. The van der Waals surface area contributed by atoms with Gasteiger partial charge in [-0.25, -0.2) is 0 Å². The first kappa shape index (κ1) is 11.9. The zero-order valence-corrected chi connectivity index (χ0v) is 10.6. The molecule has 2 aliphatic rings. The Morgan fingerprint density at radius 3 is 2.83 bits per heavy atom. The smallest absolute Gasteiger partial charge is 0.250 e. The minimum Gasteiger partial charge on any atom is -0.353 e. The number of pyridine rings is 1. The van der Waals surface area contributed by atoms with Crippen molar-refractivity contribution in [1.29, 1.82) is 0 Å². The highest BCUT2D eigenvalue weighted by atomic mass is 16.7. The van der Waals surface area contributed by atoms with Crippen LogP contribution < -0.4 is 5.56 Å². The van der Waals surface area contributed by atoms with Gasteiger partial charge in [-0.1, -0.05) is 6.07 Å². The van der Waals surface area contributed by atoms with Crippen LogP contribution in [0.15, 0.2) is 16.9 Å².